The van der Waals surface area contributed by atoms with Crippen molar-refractivity contribution in [2.24, 2.45) is 0 Å². The van der Waals surface area contributed by atoms with Crippen LogP contribution in [-0.4, -0.2) is 35.1 Å². The lowest BCUT2D eigenvalue weighted by Gasteiger charge is -2.35. The van der Waals surface area contributed by atoms with Gasteiger partial charge in [0, 0.05) is 13.5 Å². The average Bonchev–Trinajstić information content (AvgIpc) is 2.16. The zero-order chi connectivity index (χ0) is 9.84. The van der Waals surface area contributed by atoms with Crippen LogP contribution in [0.1, 0.15) is 39.0 Å². The number of nitrogens with zero attached hydrogens (tertiary/aromatic N) is 1. The largest absolute Gasteiger partial charge is 0.391 e. The summed E-state index contributed by atoms with van der Waals surface area (Å²) in [7, 11) is 1.80. The molecular weight excluding hydrogens is 166 g/mol. The number of carbonyl (C=O) groups is 1. The van der Waals surface area contributed by atoms with Crippen LogP contribution in [0.15, 0.2) is 0 Å². The Hall–Kier alpha value is -0.570. The summed E-state index contributed by atoms with van der Waals surface area (Å²) >= 11 is 0. The van der Waals surface area contributed by atoms with E-state index < -0.39 is 0 Å². The van der Waals surface area contributed by atoms with Gasteiger partial charge in [-0.15, -0.1) is 0 Å². The second kappa shape index (κ2) is 4.61. The average molecular weight is 185 g/mol. The molecule has 0 spiro atoms. The summed E-state index contributed by atoms with van der Waals surface area (Å²) in [6.45, 7) is 1.86. The van der Waals surface area contributed by atoms with Crippen molar-refractivity contribution in [2.45, 2.75) is 51.2 Å². The van der Waals surface area contributed by atoms with E-state index in [2.05, 4.69) is 0 Å². The number of hydrogen-bond donors (Lipinski definition) is 1. The van der Waals surface area contributed by atoms with E-state index in [1.165, 1.54) is 0 Å². The lowest BCUT2D eigenvalue weighted by Crippen LogP contribution is -2.46. The molecule has 3 nitrogen and oxygen atoms in total. The van der Waals surface area contributed by atoms with Crippen molar-refractivity contribution in [2.75, 3.05) is 7.05 Å². The highest BCUT2D eigenvalue weighted by atomic mass is 16.3. The number of aliphatic hydroxyl groups is 1. The number of rotatable bonds is 2. The van der Waals surface area contributed by atoms with Crippen LogP contribution in [0.3, 0.4) is 0 Å². The third-order valence-electron chi connectivity index (χ3n) is 2.89. The molecule has 1 amide bonds. The van der Waals surface area contributed by atoms with Crippen molar-refractivity contribution < 1.29 is 9.90 Å². The summed E-state index contributed by atoms with van der Waals surface area (Å²) in [4.78, 5) is 13.1. The second-order valence-corrected chi connectivity index (χ2v) is 3.78. The van der Waals surface area contributed by atoms with Crippen molar-refractivity contribution in [3.05, 3.63) is 0 Å². The minimum Gasteiger partial charge on any atom is -0.391 e. The Kier molecular flexibility index (Phi) is 3.72. The molecule has 1 saturated carbocycles. The minimum atomic E-state index is -0.311. The second-order valence-electron chi connectivity index (χ2n) is 3.78. The lowest BCUT2D eigenvalue weighted by molar-refractivity contribution is -0.135. The van der Waals surface area contributed by atoms with Gasteiger partial charge in [0.15, 0.2) is 0 Å². The van der Waals surface area contributed by atoms with Crippen LogP contribution in [0.4, 0.5) is 0 Å². The number of amides is 1. The van der Waals surface area contributed by atoms with Crippen molar-refractivity contribution in [1.82, 2.24) is 4.90 Å². The summed E-state index contributed by atoms with van der Waals surface area (Å²) in [5.41, 5.74) is 0. The van der Waals surface area contributed by atoms with Gasteiger partial charge in [0.2, 0.25) is 5.91 Å². The fourth-order valence-corrected chi connectivity index (χ4v) is 1.98. The predicted molar refractivity (Wildman–Crippen MR) is 51.3 cm³/mol. The third-order valence-corrected chi connectivity index (χ3v) is 2.89. The van der Waals surface area contributed by atoms with Gasteiger partial charge in [0.1, 0.15) is 0 Å². The molecule has 1 rings (SSSR count). The zero-order valence-electron chi connectivity index (χ0n) is 8.49. The molecule has 0 aromatic carbocycles. The van der Waals surface area contributed by atoms with Crippen LogP contribution < -0.4 is 0 Å². The fourth-order valence-electron chi connectivity index (χ4n) is 1.98. The maximum absolute atomic E-state index is 11.4. The molecule has 0 aliphatic heterocycles. The summed E-state index contributed by atoms with van der Waals surface area (Å²) in [5.74, 6) is 0.131. The number of likely N-dealkylation sites (N-methyl/N-ethyl adjacent to an activating group) is 1. The highest BCUT2D eigenvalue weighted by Gasteiger charge is 2.28. The Morgan fingerprint density at radius 2 is 2.08 bits per heavy atom. The molecule has 2 atom stereocenters. The molecular formula is C10H19NO2. The molecule has 13 heavy (non-hydrogen) atoms. The highest BCUT2D eigenvalue weighted by Crippen LogP contribution is 2.22. The molecule has 0 aromatic heterocycles. The first-order valence-corrected chi connectivity index (χ1v) is 5.10. The Morgan fingerprint density at radius 3 is 2.62 bits per heavy atom. The first-order chi connectivity index (χ1) is 6.16. The van der Waals surface area contributed by atoms with Crippen molar-refractivity contribution in [1.29, 1.82) is 0 Å². The maximum atomic E-state index is 11.4. The van der Waals surface area contributed by atoms with Crippen molar-refractivity contribution in [3.8, 4) is 0 Å². The number of carbonyl (C=O) groups excluding carboxylic acids is 1. The van der Waals surface area contributed by atoms with Crippen LogP contribution in [-0.2, 0) is 4.79 Å². The molecule has 1 aliphatic rings. The Morgan fingerprint density at radius 1 is 1.46 bits per heavy atom. The molecule has 0 heterocycles. The molecule has 76 valence electrons. The van der Waals surface area contributed by atoms with Crippen molar-refractivity contribution in [3.63, 3.8) is 0 Å². The van der Waals surface area contributed by atoms with Gasteiger partial charge in [-0.05, 0) is 12.8 Å². The fraction of sp³-hybridized carbons (Fsp3) is 0.900. The molecule has 0 saturated heterocycles. The van der Waals surface area contributed by atoms with Gasteiger partial charge in [-0.3, -0.25) is 4.79 Å². The summed E-state index contributed by atoms with van der Waals surface area (Å²) in [5, 5.41) is 9.69. The molecule has 1 N–H and O–H groups in total. The number of hydrogen-bond acceptors (Lipinski definition) is 2. The quantitative estimate of drug-likeness (QED) is 0.701. The van der Waals surface area contributed by atoms with E-state index in [-0.39, 0.29) is 18.1 Å². The summed E-state index contributed by atoms with van der Waals surface area (Å²) in [6.07, 6.45) is 4.22. The van der Waals surface area contributed by atoms with Crippen LogP contribution in [0.2, 0.25) is 0 Å². The van der Waals surface area contributed by atoms with Gasteiger partial charge >= 0.3 is 0 Å². The maximum Gasteiger partial charge on any atom is 0.222 e. The van der Waals surface area contributed by atoms with Gasteiger partial charge in [-0.1, -0.05) is 19.8 Å². The monoisotopic (exact) mass is 185 g/mol. The lowest BCUT2D eigenvalue weighted by atomic mass is 9.91. The van der Waals surface area contributed by atoms with E-state index in [1.807, 2.05) is 6.92 Å². The first-order valence-electron chi connectivity index (χ1n) is 5.10. The number of aliphatic hydroxyl groups excluding tert-OH is 1. The van der Waals surface area contributed by atoms with Crippen LogP contribution in [0, 0.1) is 0 Å². The molecule has 1 fully saturated rings. The molecule has 0 radical (unpaired) electrons. The van der Waals surface area contributed by atoms with E-state index in [9.17, 15) is 9.90 Å². The van der Waals surface area contributed by atoms with Crippen LogP contribution in [0.5, 0.6) is 0 Å². The standard InChI is InChI=1S/C10H19NO2/c1-3-10(13)11(2)8-6-4-5-7-9(8)12/h8-9,12H,3-7H2,1-2H3. The van der Waals surface area contributed by atoms with Gasteiger partial charge in [-0.2, -0.15) is 0 Å². The minimum absolute atomic E-state index is 0.0567. The normalized spacial score (nSPS) is 28.5. The topological polar surface area (TPSA) is 40.5 Å². The first kappa shape index (κ1) is 10.5. The zero-order valence-corrected chi connectivity index (χ0v) is 8.49. The van der Waals surface area contributed by atoms with Gasteiger partial charge < -0.3 is 10.0 Å². The SMILES string of the molecule is CCC(=O)N(C)C1CCCCC1O. The highest BCUT2D eigenvalue weighted by molar-refractivity contribution is 5.75. The van der Waals surface area contributed by atoms with E-state index in [4.69, 9.17) is 0 Å². The smallest absolute Gasteiger partial charge is 0.222 e. The summed E-state index contributed by atoms with van der Waals surface area (Å²) in [6, 6.07) is 0.0567. The Labute approximate surface area is 79.7 Å². The van der Waals surface area contributed by atoms with E-state index in [0.29, 0.717) is 6.42 Å². The summed E-state index contributed by atoms with van der Waals surface area (Å²) < 4.78 is 0. The predicted octanol–water partition coefficient (Wildman–Crippen LogP) is 1.16. The van der Waals surface area contributed by atoms with Crippen molar-refractivity contribution >= 4 is 5.91 Å². The molecule has 0 bridgehead atoms. The van der Waals surface area contributed by atoms with Gasteiger partial charge in [-0.25, -0.2) is 0 Å². The van der Waals surface area contributed by atoms with E-state index in [0.717, 1.165) is 25.7 Å². The molecule has 2 unspecified atom stereocenters. The van der Waals surface area contributed by atoms with Crippen LogP contribution >= 0.6 is 0 Å². The van der Waals surface area contributed by atoms with E-state index >= 15 is 0 Å². The third kappa shape index (κ3) is 2.44. The van der Waals surface area contributed by atoms with Gasteiger partial charge in [0.05, 0.1) is 12.1 Å². The Balaban J connectivity index is 2.53. The van der Waals surface area contributed by atoms with E-state index in [1.54, 1.807) is 11.9 Å². The molecule has 1 aliphatic carbocycles. The van der Waals surface area contributed by atoms with Crippen LogP contribution in [0.25, 0.3) is 0 Å². The Bertz CT molecular complexity index is 182. The molecule has 0 aromatic rings. The molecule has 3 heteroatoms. The van der Waals surface area contributed by atoms with Gasteiger partial charge in [0.25, 0.3) is 0 Å².